The summed E-state index contributed by atoms with van der Waals surface area (Å²) < 4.78 is 0. The lowest BCUT2D eigenvalue weighted by atomic mass is 9.96. The zero-order valence-corrected chi connectivity index (χ0v) is 16.3. The van der Waals surface area contributed by atoms with Crippen LogP contribution < -0.4 is 0 Å². The molecule has 5 nitrogen and oxygen atoms in total. The zero-order chi connectivity index (χ0) is 19.9. The van der Waals surface area contributed by atoms with Gasteiger partial charge in [-0.15, -0.1) is 0 Å². The number of hydrogen-bond donors (Lipinski definition) is 1. The lowest BCUT2D eigenvalue weighted by Crippen LogP contribution is -2.50. The number of carbonyl (C=O) groups excluding carboxylic acids is 1. The number of benzene rings is 2. The minimum absolute atomic E-state index is 0.0375. The van der Waals surface area contributed by atoms with E-state index in [-0.39, 0.29) is 24.3 Å². The Morgan fingerprint density at radius 2 is 1.36 bits per heavy atom. The fourth-order valence-electron chi connectivity index (χ4n) is 3.91. The Kier molecular flexibility index (Phi) is 6.82. The molecule has 0 saturated carbocycles. The van der Waals surface area contributed by atoms with Crippen LogP contribution in [0.5, 0.6) is 0 Å². The van der Waals surface area contributed by atoms with Crippen LogP contribution in [0.1, 0.15) is 36.9 Å². The summed E-state index contributed by atoms with van der Waals surface area (Å²) in [5.41, 5.74) is 2.51. The van der Waals surface area contributed by atoms with E-state index in [0.29, 0.717) is 19.5 Å². The van der Waals surface area contributed by atoms with Gasteiger partial charge in [0.2, 0.25) is 5.91 Å². The minimum atomic E-state index is -0.848. The molecule has 1 aliphatic heterocycles. The first-order valence-corrected chi connectivity index (χ1v) is 9.88. The highest BCUT2D eigenvalue weighted by Gasteiger charge is 2.28. The molecule has 3 rings (SSSR count). The van der Waals surface area contributed by atoms with Crippen LogP contribution in [0.3, 0.4) is 0 Å². The van der Waals surface area contributed by atoms with Crippen molar-refractivity contribution >= 4 is 11.9 Å². The SMILES string of the molecule is CC(CC(=O)O)CC(=O)N1CCN(C(c2ccccc2)c2ccccc2)CC1. The number of aliphatic carboxylic acids is 1. The second-order valence-electron chi connectivity index (χ2n) is 7.55. The Morgan fingerprint density at radius 1 is 0.857 bits per heavy atom. The van der Waals surface area contributed by atoms with E-state index in [2.05, 4.69) is 53.4 Å². The summed E-state index contributed by atoms with van der Waals surface area (Å²) in [5, 5.41) is 8.89. The van der Waals surface area contributed by atoms with Gasteiger partial charge in [0.1, 0.15) is 0 Å². The molecule has 1 fully saturated rings. The van der Waals surface area contributed by atoms with Crippen molar-refractivity contribution in [3.05, 3.63) is 71.8 Å². The maximum Gasteiger partial charge on any atom is 0.303 e. The third kappa shape index (κ3) is 5.20. The van der Waals surface area contributed by atoms with E-state index in [1.165, 1.54) is 11.1 Å². The van der Waals surface area contributed by atoms with Gasteiger partial charge in [-0.3, -0.25) is 14.5 Å². The minimum Gasteiger partial charge on any atom is -0.481 e. The maximum absolute atomic E-state index is 12.5. The second-order valence-corrected chi connectivity index (χ2v) is 7.55. The molecular weight excluding hydrogens is 352 g/mol. The van der Waals surface area contributed by atoms with Gasteiger partial charge in [-0.05, 0) is 17.0 Å². The number of carboxylic acids is 1. The van der Waals surface area contributed by atoms with E-state index in [1.807, 2.05) is 24.0 Å². The number of piperazine rings is 1. The van der Waals surface area contributed by atoms with Crippen LogP contribution in [0, 0.1) is 5.92 Å². The van der Waals surface area contributed by atoms with Gasteiger partial charge in [-0.2, -0.15) is 0 Å². The number of nitrogens with zero attached hydrogens (tertiary/aromatic N) is 2. The summed E-state index contributed by atoms with van der Waals surface area (Å²) in [6, 6.07) is 21.1. The monoisotopic (exact) mass is 380 g/mol. The van der Waals surface area contributed by atoms with Crippen molar-refractivity contribution in [1.82, 2.24) is 9.80 Å². The molecule has 1 amide bonds. The van der Waals surface area contributed by atoms with Crippen molar-refractivity contribution in [3.8, 4) is 0 Å². The fourth-order valence-corrected chi connectivity index (χ4v) is 3.91. The fraction of sp³-hybridized carbons (Fsp3) is 0.391. The first-order chi connectivity index (χ1) is 13.5. The van der Waals surface area contributed by atoms with Crippen LogP contribution in [-0.2, 0) is 9.59 Å². The summed E-state index contributed by atoms with van der Waals surface area (Å²) in [4.78, 5) is 27.6. The molecule has 0 spiro atoms. The predicted molar refractivity (Wildman–Crippen MR) is 109 cm³/mol. The molecular formula is C23H28N2O3. The second kappa shape index (κ2) is 9.51. The molecule has 1 N–H and O–H groups in total. The zero-order valence-electron chi connectivity index (χ0n) is 16.3. The van der Waals surface area contributed by atoms with Crippen molar-refractivity contribution in [2.75, 3.05) is 26.2 Å². The molecule has 1 unspecified atom stereocenters. The normalized spacial score (nSPS) is 16.1. The lowest BCUT2D eigenvalue weighted by Gasteiger charge is -2.40. The van der Waals surface area contributed by atoms with E-state index in [1.54, 1.807) is 0 Å². The van der Waals surface area contributed by atoms with Crippen molar-refractivity contribution < 1.29 is 14.7 Å². The maximum atomic E-state index is 12.5. The van der Waals surface area contributed by atoms with Crippen molar-refractivity contribution in [2.45, 2.75) is 25.8 Å². The number of carboxylic acid groups (broad SMARTS) is 1. The Bertz CT molecular complexity index is 731. The summed E-state index contributed by atoms with van der Waals surface area (Å²) in [6.07, 6.45) is 0.336. The van der Waals surface area contributed by atoms with Crippen LogP contribution in [0.2, 0.25) is 0 Å². The summed E-state index contributed by atoms with van der Waals surface area (Å²) in [7, 11) is 0. The van der Waals surface area contributed by atoms with E-state index in [0.717, 1.165) is 13.1 Å². The molecule has 2 aromatic carbocycles. The van der Waals surface area contributed by atoms with E-state index < -0.39 is 5.97 Å². The van der Waals surface area contributed by atoms with Crippen LogP contribution >= 0.6 is 0 Å². The van der Waals surface area contributed by atoms with Gasteiger partial charge in [0.15, 0.2) is 0 Å². The van der Waals surface area contributed by atoms with E-state index in [9.17, 15) is 9.59 Å². The number of carbonyl (C=O) groups is 2. The molecule has 1 heterocycles. The smallest absolute Gasteiger partial charge is 0.303 e. The molecule has 0 radical (unpaired) electrons. The average Bonchev–Trinajstić information content (AvgIpc) is 2.70. The number of amides is 1. The van der Waals surface area contributed by atoms with Gasteiger partial charge in [0, 0.05) is 39.0 Å². The van der Waals surface area contributed by atoms with E-state index >= 15 is 0 Å². The average molecular weight is 380 g/mol. The Hall–Kier alpha value is -2.66. The molecule has 2 aromatic rings. The van der Waals surface area contributed by atoms with Crippen LogP contribution in [0.15, 0.2) is 60.7 Å². The largest absolute Gasteiger partial charge is 0.481 e. The Labute approximate surface area is 166 Å². The highest BCUT2D eigenvalue weighted by atomic mass is 16.4. The van der Waals surface area contributed by atoms with Crippen LogP contribution in [0.4, 0.5) is 0 Å². The third-order valence-corrected chi connectivity index (χ3v) is 5.31. The standard InChI is InChI=1S/C23H28N2O3/c1-18(17-22(27)28)16-21(26)24-12-14-25(15-13-24)23(19-8-4-2-5-9-19)20-10-6-3-7-11-20/h2-11,18,23H,12-17H2,1H3,(H,27,28). The Morgan fingerprint density at radius 3 is 1.82 bits per heavy atom. The topological polar surface area (TPSA) is 60.9 Å². The highest BCUT2D eigenvalue weighted by molar-refractivity contribution is 5.77. The molecule has 0 aromatic heterocycles. The summed E-state index contributed by atoms with van der Waals surface area (Å²) in [5.74, 6) is -0.924. The first-order valence-electron chi connectivity index (χ1n) is 9.88. The van der Waals surface area contributed by atoms with Gasteiger partial charge in [-0.1, -0.05) is 67.6 Å². The molecule has 1 aliphatic rings. The third-order valence-electron chi connectivity index (χ3n) is 5.31. The molecule has 148 valence electrons. The van der Waals surface area contributed by atoms with Crippen molar-refractivity contribution in [1.29, 1.82) is 0 Å². The molecule has 28 heavy (non-hydrogen) atoms. The molecule has 0 aliphatic carbocycles. The molecule has 1 atom stereocenters. The van der Waals surface area contributed by atoms with Crippen molar-refractivity contribution in [3.63, 3.8) is 0 Å². The molecule has 5 heteroatoms. The van der Waals surface area contributed by atoms with Gasteiger partial charge in [0.05, 0.1) is 6.04 Å². The number of hydrogen-bond acceptors (Lipinski definition) is 3. The predicted octanol–water partition coefficient (Wildman–Crippen LogP) is 3.42. The van der Waals surface area contributed by atoms with Gasteiger partial charge in [-0.25, -0.2) is 0 Å². The highest BCUT2D eigenvalue weighted by Crippen LogP contribution is 2.29. The van der Waals surface area contributed by atoms with Gasteiger partial charge < -0.3 is 10.0 Å². The van der Waals surface area contributed by atoms with Crippen LogP contribution in [-0.4, -0.2) is 53.0 Å². The van der Waals surface area contributed by atoms with Gasteiger partial charge in [0.25, 0.3) is 0 Å². The molecule has 0 bridgehead atoms. The first kappa shape index (κ1) is 20.1. The van der Waals surface area contributed by atoms with E-state index in [4.69, 9.17) is 5.11 Å². The van der Waals surface area contributed by atoms with Crippen molar-refractivity contribution in [2.24, 2.45) is 5.92 Å². The van der Waals surface area contributed by atoms with Gasteiger partial charge >= 0.3 is 5.97 Å². The quantitative estimate of drug-likeness (QED) is 0.800. The summed E-state index contributed by atoms with van der Waals surface area (Å²) in [6.45, 7) is 4.77. The summed E-state index contributed by atoms with van der Waals surface area (Å²) >= 11 is 0. The van der Waals surface area contributed by atoms with Crippen LogP contribution in [0.25, 0.3) is 0 Å². The lowest BCUT2D eigenvalue weighted by molar-refractivity contribution is -0.139. The number of rotatable bonds is 7. The molecule has 1 saturated heterocycles. The Balaban J connectivity index is 1.66.